The third-order valence-corrected chi connectivity index (χ3v) is 5.19. The highest BCUT2D eigenvalue weighted by atomic mass is 35.5. The molecule has 0 aliphatic carbocycles. The Balaban J connectivity index is 1.92. The summed E-state index contributed by atoms with van der Waals surface area (Å²) in [4.78, 5) is 0. The van der Waals surface area contributed by atoms with Crippen molar-refractivity contribution in [2.24, 2.45) is 5.92 Å². The van der Waals surface area contributed by atoms with Crippen LogP contribution in [-0.4, -0.2) is 7.11 Å². The first-order valence-corrected chi connectivity index (χ1v) is 9.28. The minimum Gasteiger partial charge on any atom is -0.497 e. The molecule has 0 fully saturated rings. The Hall–Kier alpha value is -1.47. The molecule has 2 rings (SSSR count). The molecule has 2 unspecified atom stereocenters. The molecule has 0 radical (unpaired) electrons. The fraction of sp³-hybridized carbons (Fsp3) is 0.455. The van der Waals surface area contributed by atoms with E-state index in [0.29, 0.717) is 17.8 Å². The van der Waals surface area contributed by atoms with Crippen molar-refractivity contribution < 1.29 is 4.74 Å². The molecule has 0 heterocycles. The van der Waals surface area contributed by atoms with E-state index in [0.717, 1.165) is 10.8 Å². The van der Waals surface area contributed by atoms with Gasteiger partial charge in [-0.15, -0.1) is 0 Å². The second-order valence-electron chi connectivity index (χ2n) is 7.01. The largest absolute Gasteiger partial charge is 0.497 e. The molecule has 2 aromatic rings. The number of benzene rings is 2. The van der Waals surface area contributed by atoms with Crippen LogP contribution >= 0.6 is 11.6 Å². The lowest BCUT2D eigenvalue weighted by Crippen LogP contribution is -2.07. The quantitative estimate of drug-likeness (QED) is 0.498. The molecule has 2 heteroatoms. The van der Waals surface area contributed by atoms with Crippen LogP contribution in [0.4, 0.5) is 0 Å². The Labute approximate surface area is 152 Å². The van der Waals surface area contributed by atoms with E-state index in [-0.39, 0.29) is 0 Å². The van der Waals surface area contributed by atoms with Gasteiger partial charge in [-0.3, -0.25) is 0 Å². The maximum Gasteiger partial charge on any atom is 0.118 e. The SMILES string of the molecule is COc1ccc(C(CCCC(C)c2ccc(Cl)cc2)C(C)C)cc1. The van der Waals surface area contributed by atoms with Gasteiger partial charge in [0.05, 0.1) is 7.11 Å². The van der Waals surface area contributed by atoms with Crippen molar-refractivity contribution in [1.82, 2.24) is 0 Å². The lowest BCUT2D eigenvalue weighted by atomic mass is 9.83. The van der Waals surface area contributed by atoms with Gasteiger partial charge in [0.2, 0.25) is 0 Å². The van der Waals surface area contributed by atoms with Gasteiger partial charge in [0.15, 0.2) is 0 Å². The van der Waals surface area contributed by atoms with Gasteiger partial charge >= 0.3 is 0 Å². The topological polar surface area (TPSA) is 9.23 Å². The van der Waals surface area contributed by atoms with Crippen molar-refractivity contribution in [3.8, 4) is 5.75 Å². The minimum atomic E-state index is 0.575. The molecule has 24 heavy (non-hydrogen) atoms. The van der Waals surface area contributed by atoms with Crippen molar-refractivity contribution in [2.45, 2.75) is 51.9 Å². The van der Waals surface area contributed by atoms with E-state index in [1.165, 1.54) is 30.4 Å². The van der Waals surface area contributed by atoms with Crippen LogP contribution < -0.4 is 4.74 Å². The Morgan fingerprint density at radius 3 is 1.96 bits per heavy atom. The summed E-state index contributed by atoms with van der Waals surface area (Å²) in [6, 6.07) is 16.8. The van der Waals surface area contributed by atoms with Crippen molar-refractivity contribution in [1.29, 1.82) is 0 Å². The average molecular weight is 345 g/mol. The van der Waals surface area contributed by atoms with E-state index < -0.39 is 0 Å². The zero-order valence-electron chi connectivity index (χ0n) is 15.3. The van der Waals surface area contributed by atoms with Gasteiger partial charge in [-0.2, -0.15) is 0 Å². The van der Waals surface area contributed by atoms with E-state index in [1.807, 2.05) is 12.1 Å². The Bertz CT molecular complexity index is 601. The second-order valence-corrected chi connectivity index (χ2v) is 7.44. The lowest BCUT2D eigenvalue weighted by Gasteiger charge is -2.22. The van der Waals surface area contributed by atoms with Crippen LogP contribution in [0.25, 0.3) is 0 Å². The van der Waals surface area contributed by atoms with E-state index in [1.54, 1.807) is 7.11 Å². The van der Waals surface area contributed by atoms with Crippen LogP contribution in [0.1, 0.15) is 63.0 Å². The third kappa shape index (κ3) is 5.27. The molecule has 0 aliphatic heterocycles. The average Bonchev–Trinajstić information content (AvgIpc) is 2.59. The predicted octanol–water partition coefficient (Wildman–Crippen LogP) is 7.06. The van der Waals surface area contributed by atoms with Crippen molar-refractivity contribution >= 4 is 11.6 Å². The number of rotatable bonds is 8. The summed E-state index contributed by atoms with van der Waals surface area (Å²) in [5.41, 5.74) is 2.80. The molecule has 0 aliphatic rings. The molecule has 0 saturated heterocycles. The predicted molar refractivity (Wildman–Crippen MR) is 104 cm³/mol. The van der Waals surface area contributed by atoms with Gasteiger partial charge in [-0.25, -0.2) is 0 Å². The van der Waals surface area contributed by atoms with Crippen LogP contribution in [0.2, 0.25) is 5.02 Å². The minimum absolute atomic E-state index is 0.575. The summed E-state index contributed by atoms with van der Waals surface area (Å²) in [5, 5.41) is 0.810. The van der Waals surface area contributed by atoms with E-state index >= 15 is 0 Å². The Morgan fingerprint density at radius 2 is 1.42 bits per heavy atom. The molecule has 0 amide bonds. The summed E-state index contributed by atoms with van der Waals surface area (Å²) in [5.74, 6) is 2.75. The van der Waals surface area contributed by atoms with Gasteiger partial charge < -0.3 is 4.74 Å². The van der Waals surface area contributed by atoms with Crippen molar-refractivity contribution in [3.63, 3.8) is 0 Å². The molecule has 0 spiro atoms. The van der Waals surface area contributed by atoms with Crippen LogP contribution in [0.5, 0.6) is 5.75 Å². The summed E-state index contributed by atoms with van der Waals surface area (Å²) < 4.78 is 5.27. The highest BCUT2D eigenvalue weighted by Gasteiger charge is 2.16. The molecular weight excluding hydrogens is 316 g/mol. The molecule has 0 aromatic heterocycles. The highest BCUT2D eigenvalue weighted by Crippen LogP contribution is 2.32. The van der Waals surface area contributed by atoms with Crippen LogP contribution in [-0.2, 0) is 0 Å². The maximum atomic E-state index is 5.98. The van der Waals surface area contributed by atoms with Gasteiger partial charge in [0.25, 0.3) is 0 Å². The molecule has 2 atom stereocenters. The molecule has 130 valence electrons. The molecular formula is C22H29ClO. The highest BCUT2D eigenvalue weighted by molar-refractivity contribution is 6.30. The lowest BCUT2D eigenvalue weighted by molar-refractivity contribution is 0.412. The van der Waals surface area contributed by atoms with E-state index in [9.17, 15) is 0 Å². The second kappa shape index (κ2) is 9.13. The molecule has 1 nitrogen and oxygen atoms in total. The first kappa shape index (κ1) is 18.9. The van der Waals surface area contributed by atoms with E-state index in [4.69, 9.17) is 16.3 Å². The zero-order valence-corrected chi connectivity index (χ0v) is 16.0. The zero-order chi connectivity index (χ0) is 17.5. The fourth-order valence-corrected chi connectivity index (χ4v) is 3.46. The first-order chi connectivity index (χ1) is 11.5. The molecule has 0 N–H and O–H groups in total. The molecule has 0 saturated carbocycles. The first-order valence-electron chi connectivity index (χ1n) is 8.90. The normalized spacial score (nSPS) is 13.8. The van der Waals surface area contributed by atoms with Gasteiger partial charge in [0, 0.05) is 5.02 Å². The standard InChI is InChI=1S/C22H29ClO/c1-16(2)22(19-10-14-21(24-4)15-11-19)7-5-6-17(3)18-8-12-20(23)13-9-18/h8-17,22H,5-7H2,1-4H3. The maximum absolute atomic E-state index is 5.98. The monoisotopic (exact) mass is 344 g/mol. The summed E-state index contributed by atoms with van der Waals surface area (Å²) in [6.07, 6.45) is 3.67. The van der Waals surface area contributed by atoms with Crippen LogP contribution in [0.15, 0.2) is 48.5 Å². The number of ether oxygens (including phenoxy) is 1. The summed E-state index contributed by atoms with van der Waals surface area (Å²) in [7, 11) is 1.72. The number of hydrogen-bond acceptors (Lipinski definition) is 1. The van der Waals surface area contributed by atoms with Gasteiger partial charge in [0.1, 0.15) is 5.75 Å². The fourth-order valence-electron chi connectivity index (χ4n) is 3.34. The van der Waals surface area contributed by atoms with Crippen LogP contribution in [0, 0.1) is 5.92 Å². The molecule has 0 bridgehead atoms. The Kier molecular flexibility index (Phi) is 7.17. The Morgan fingerprint density at radius 1 is 0.833 bits per heavy atom. The number of hydrogen-bond donors (Lipinski definition) is 0. The summed E-state index contributed by atoms with van der Waals surface area (Å²) >= 11 is 5.98. The van der Waals surface area contributed by atoms with Crippen molar-refractivity contribution in [3.05, 3.63) is 64.7 Å². The third-order valence-electron chi connectivity index (χ3n) is 4.94. The van der Waals surface area contributed by atoms with Gasteiger partial charge in [-0.05, 0) is 66.0 Å². The number of methoxy groups -OCH3 is 1. The smallest absolute Gasteiger partial charge is 0.118 e. The van der Waals surface area contributed by atoms with Gasteiger partial charge in [-0.1, -0.05) is 63.1 Å². The van der Waals surface area contributed by atoms with Crippen LogP contribution in [0.3, 0.4) is 0 Å². The van der Waals surface area contributed by atoms with Crippen molar-refractivity contribution in [2.75, 3.05) is 7.11 Å². The number of halogens is 1. The van der Waals surface area contributed by atoms with E-state index in [2.05, 4.69) is 57.2 Å². The molecule has 2 aromatic carbocycles. The summed E-state index contributed by atoms with van der Waals surface area (Å²) in [6.45, 7) is 6.94.